The maximum absolute atomic E-state index is 5.39. The van der Waals surface area contributed by atoms with Crippen LogP contribution in [0.15, 0.2) is 24.3 Å². The van der Waals surface area contributed by atoms with E-state index in [-0.39, 0.29) is 0 Å². The minimum absolute atomic E-state index is 0.574. The standard InChI is InChI=1S/C18H27NO/c1-19-17-10-5-3-4-7-14(17)11-12-18(19)15-8-6-9-16(13-15)20-2/h6,8-9,13-14,17-18H,3-5,7,10-12H2,1-2H3/t14-,17+,18-/m0/s1. The first kappa shape index (κ1) is 13.9. The van der Waals surface area contributed by atoms with Crippen LogP contribution < -0.4 is 4.74 Å². The molecule has 1 aromatic carbocycles. The van der Waals surface area contributed by atoms with E-state index in [1.165, 1.54) is 50.5 Å². The lowest BCUT2D eigenvalue weighted by Crippen LogP contribution is -2.44. The summed E-state index contributed by atoms with van der Waals surface area (Å²) in [5.41, 5.74) is 1.43. The lowest BCUT2D eigenvalue weighted by molar-refractivity contribution is 0.0588. The summed E-state index contributed by atoms with van der Waals surface area (Å²) in [6, 6.07) is 10.0. The Morgan fingerprint density at radius 2 is 1.90 bits per heavy atom. The third-order valence-corrected chi connectivity index (χ3v) is 5.42. The second-order valence-corrected chi connectivity index (χ2v) is 6.50. The first-order chi connectivity index (χ1) is 9.79. The van der Waals surface area contributed by atoms with Crippen LogP contribution in [0, 0.1) is 5.92 Å². The molecule has 0 amide bonds. The van der Waals surface area contributed by atoms with E-state index in [1.807, 2.05) is 6.07 Å². The van der Waals surface area contributed by atoms with Crippen LogP contribution in [0.1, 0.15) is 56.6 Å². The second-order valence-electron chi connectivity index (χ2n) is 6.50. The Balaban J connectivity index is 1.80. The van der Waals surface area contributed by atoms with E-state index in [1.54, 1.807) is 7.11 Å². The van der Waals surface area contributed by atoms with Crippen LogP contribution >= 0.6 is 0 Å². The van der Waals surface area contributed by atoms with Gasteiger partial charge in [0.1, 0.15) is 5.75 Å². The van der Waals surface area contributed by atoms with Crippen molar-refractivity contribution < 1.29 is 4.74 Å². The van der Waals surface area contributed by atoms with E-state index in [0.717, 1.165) is 17.7 Å². The molecule has 0 N–H and O–H groups in total. The average Bonchev–Trinajstić information content (AvgIpc) is 2.73. The highest BCUT2D eigenvalue weighted by molar-refractivity contribution is 5.31. The SMILES string of the molecule is COc1cccc([C@@H]2CC[C@@H]3CCCCC[C@H]3N2C)c1. The van der Waals surface area contributed by atoms with Crippen LogP contribution in [0.5, 0.6) is 5.75 Å². The topological polar surface area (TPSA) is 12.5 Å². The number of hydrogen-bond acceptors (Lipinski definition) is 2. The molecule has 2 nitrogen and oxygen atoms in total. The maximum Gasteiger partial charge on any atom is 0.119 e. The fraction of sp³-hybridized carbons (Fsp3) is 0.667. The highest BCUT2D eigenvalue weighted by Crippen LogP contribution is 2.41. The van der Waals surface area contributed by atoms with Gasteiger partial charge in [-0.05, 0) is 56.3 Å². The molecular weight excluding hydrogens is 246 g/mol. The fourth-order valence-corrected chi connectivity index (χ4v) is 4.30. The van der Waals surface area contributed by atoms with E-state index < -0.39 is 0 Å². The number of piperidine rings is 1. The summed E-state index contributed by atoms with van der Waals surface area (Å²) < 4.78 is 5.39. The van der Waals surface area contributed by atoms with Gasteiger partial charge in [0.25, 0.3) is 0 Å². The molecule has 3 atom stereocenters. The third kappa shape index (κ3) is 2.71. The summed E-state index contributed by atoms with van der Waals surface area (Å²) in [6.07, 6.45) is 9.82. The fourth-order valence-electron chi connectivity index (χ4n) is 4.30. The van der Waals surface area contributed by atoms with Gasteiger partial charge in [-0.2, -0.15) is 0 Å². The molecule has 2 fully saturated rings. The molecule has 1 aliphatic carbocycles. The van der Waals surface area contributed by atoms with Crippen molar-refractivity contribution in [1.82, 2.24) is 4.90 Å². The molecule has 2 aliphatic rings. The van der Waals surface area contributed by atoms with E-state index in [2.05, 4.69) is 30.1 Å². The molecule has 1 heterocycles. The Labute approximate surface area is 123 Å². The summed E-state index contributed by atoms with van der Waals surface area (Å²) in [7, 11) is 4.09. The number of benzene rings is 1. The predicted octanol–water partition coefficient (Wildman–Crippen LogP) is 4.41. The van der Waals surface area contributed by atoms with Gasteiger partial charge in [-0.1, -0.05) is 31.4 Å². The summed E-state index contributed by atoms with van der Waals surface area (Å²) in [4.78, 5) is 2.66. The molecule has 1 saturated heterocycles. The molecule has 0 aromatic heterocycles. The number of ether oxygens (including phenoxy) is 1. The van der Waals surface area contributed by atoms with Crippen LogP contribution in [0.4, 0.5) is 0 Å². The van der Waals surface area contributed by atoms with Gasteiger partial charge in [0, 0.05) is 12.1 Å². The molecule has 0 bridgehead atoms. The first-order valence-electron chi connectivity index (χ1n) is 8.15. The number of fused-ring (bicyclic) bond motifs is 1. The molecule has 0 unspecified atom stereocenters. The van der Waals surface area contributed by atoms with Crippen LogP contribution in [0.25, 0.3) is 0 Å². The lowest BCUT2D eigenvalue weighted by atomic mass is 9.81. The van der Waals surface area contributed by atoms with Crippen molar-refractivity contribution in [3.05, 3.63) is 29.8 Å². The number of rotatable bonds is 2. The van der Waals surface area contributed by atoms with Gasteiger partial charge in [0.2, 0.25) is 0 Å². The number of hydrogen-bond donors (Lipinski definition) is 0. The van der Waals surface area contributed by atoms with Crippen LogP contribution in [-0.4, -0.2) is 25.1 Å². The molecule has 1 saturated carbocycles. The van der Waals surface area contributed by atoms with E-state index in [4.69, 9.17) is 4.74 Å². The van der Waals surface area contributed by atoms with Crippen LogP contribution in [0.3, 0.4) is 0 Å². The Bertz CT molecular complexity index is 445. The Kier molecular flexibility index (Phi) is 4.30. The molecule has 20 heavy (non-hydrogen) atoms. The van der Waals surface area contributed by atoms with Gasteiger partial charge in [-0.25, -0.2) is 0 Å². The zero-order chi connectivity index (χ0) is 13.9. The summed E-state index contributed by atoms with van der Waals surface area (Å²) in [6.45, 7) is 0. The van der Waals surface area contributed by atoms with Crippen molar-refractivity contribution in [3.8, 4) is 5.75 Å². The molecule has 110 valence electrons. The Hall–Kier alpha value is -1.02. The van der Waals surface area contributed by atoms with Crippen molar-refractivity contribution in [3.63, 3.8) is 0 Å². The van der Waals surface area contributed by atoms with Gasteiger partial charge in [0.05, 0.1) is 7.11 Å². The zero-order valence-electron chi connectivity index (χ0n) is 12.8. The molecule has 1 aromatic rings. The Morgan fingerprint density at radius 3 is 2.75 bits per heavy atom. The van der Waals surface area contributed by atoms with Gasteiger partial charge < -0.3 is 4.74 Å². The number of likely N-dealkylation sites (tertiary alicyclic amines) is 1. The molecule has 3 rings (SSSR count). The largest absolute Gasteiger partial charge is 0.497 e. The molecular formula is C18H27NO. The normalized spacial score (nSPS) is 31.4. The van der Waals surface area contributed by atoms with Gasteiger partial charge in [0.15, 0.2) is 0 Å². The van der Waals surface area contributed by atoms with Crippen LogP contribution in [-0.2, 0) is 0 Å². The quantitative estimate of drug-likeness (QED) is 0.791. The number of methoxy groups -OCH3 is 1. The average molecular weight is 273 g/mol. The Morgan fingerprint density at radius 1 is 1.05 bits per heavy atom. The highest BCUT2D eigenvalue weighted by Gasteiger charge is 2.35. The van der Waals surface area contributed by atoms with Crippen molar-refractivity contribution in [1.29, 1.82) is 0 Å². The first-order valence-corrected chi connectivity index (χ1v) is 8.15. The third-order valence-electron chi connectivity index (χ3n) is 5.42. The number of nitrogens with zero attached hydrogens (tertiary/aromatic N) is 1. The maximum atomic E-state index is 5.39. The smallest absolute Gasteiger partial charge is 0.119 e. The van der Waals surface area contributed by atoms with Gasteiger partial charge in [-0.15, -0.1) is 0 Å². The van der Waals surface area contributed by atoms with E-state index in [9.17, 15) is 0 Å². The summed E-state index contributed by atoms with van der Waals surface area (Å²) >= 11 is 0. The molecule has 0 radical (unpaired) electrons. The molecule has 2 heteroatoms. The second kappa shape index (κ2) is 6.17. The van der Waals surface area contributed by atoms with Crippen LogP contribution in [0.2, 0.25) is 0 Å². The zero-order valence-corrected chi connectivity index (χ0v) is 12.8. The van der Waals surface area contributed by atoms with Gasteiger partial charge >= 0.3 is 0 Å². The summed E-state index contributed by atoms with van der Waals surface area (Å²) in [5, 5.41) is 0. The van der Waals surface area contributed by atoms with Gasteiger partial charge in [-0.3, -0.25) is 4.90 Å². The van der Waals surface area contributed by atoms with Crippen molar-refractivity contribution in [2.24, 2.45) is 5.92 Å². The molecule has 0 spiro atoms. The monoisotopic (exact) mass is 273 g/mol. The minimum Gasteiger partial charge on any atom is -0.497 e. The van der Waals surface area contributed by atoms with Crippen molar-refractivity contribution in [2.75, 3.05) is 14.2 Å². The lowest BCUT2D eigenvalue weighted by Gasteiger charge is -2.44. The van der Waals surface area contributed by atoms with E-state index in [0.29, 0.717) is 6.04 Å². The minimum atomic E-state index is 0.574. The predicted molar refractivity (Wildman–Crippen MR) is 83.1 cm³/mol. The summed E-state index contributed by atoms with van der Waals surface area (Å²) in [5.74, 6) is 1.92. The molecule has 1 aliphatic heterocycles. The van der Waals surface area contributed by atoms with E-state index >= 15 is 0 Å². The van der Waals surface area contributed by atoms with Crippen molar-refractivity contribution >= 4 is 0 Å². The van der Waals surface area contributed by atoms with Crippen molar-refractivity contribution in [2.45, 2.75) is 57.0 Å². The highest BCUT2D eigenvalue weighted by atomic mass is 16.5.